The molecule has 1 aliphatic heterocycles. The monoisotopic (exact) mass is 417 g/mol. The van der Waals surface area contributed by atoms with Crippen LogP contribution < -0.4 is 10.0 Å². The summed E-state index contributed by atoms with van der Waals surface area (Å²) in [6, 6.07) is 13.0. The number of aliphatic imine (C=N–C) groups is 1. The molecule has 0 saturated heterocycles. The highest BCUT2D eigenvalue weighted by molar-refractivity contribution is 7.90. The van der Waals surface area contributed by atoms with E-state index in [1.54, 1.807) is 6.07 Å². The molecule has 3 aromatic carbocycles. The third-order valence-corrected chi connectivity index (χ3v) is 5.68. The van der Waals surface area contributed by atoms with Gasteiger partial charge in [0.05, 0.1) is 12.2 Å². The number of sulfonamides is 1. The van der Waals surface area contributed by atoms with Crippen molar-refractivity contribution in [1.82, 2.24) is 4.72 Å². The minimum Gasteiger partial charge on any atom is -0.324 e. The van der Waals surface area contributed by atoms with Crippen molar-refractivity contribution in [2.24, 2.45) is 4.99 Å². The van der Waals surface area contributed by atoms with E-state index in [2.05, 4.69) is 15.0 Å². The number of benzene rings is 3. The number of fused-ring (bicyclic) bond motifs is 1. The van der Waals surface area contributed by atoms with Gasteiger partial charge < -0.3 is 5.32 Å². The number of nitrogens with zero attached hydrogens (tertiary/aromatic N) is 1. The van der Waals surface area contributed by atoms with Gasteiger partial charge in [-0.3, -0.25) is 0 Å². The van der Waals surface area contributed by atoms with Crippen molar-refractivity contribution in [2.45, 2.75) is 11.4 Å². The summed E-state index contributed by atoms with van der Waals surface area (Å²) in [5, 5.41) is 2.88. The Morgan fingerprint density at radius 1 is 0.862 bits per heavy atom. The minimum absolute atomic E-state index is 0.0499. The van der Waals surface area contributed by atoms with E-state index >= 15 is 0 Å². The Bertz CT molecular complexity index is 1210. The molecule has 1 aliphatic rings. The van der Waals surface area contributed by atoms with Gasteiger partial charge in [-0.25, -0.2) is 31.3 Å². The van der Waals surface area contributed by atoms with Crippen molar-refractivity contribution in [3.8, 4) is 11.1 Å². The fourth-order valence-electron chi connectivity index (χ4n) is 2.99. The minimum atomic E-state index is -3.94. The zero-order chi connectivity index (χ0) is 20.6. The first-order chi connectivity index (χ1) is 13.8. The number of guanidine groups is 1. The Morgan fingerprint density at radius 3 is 2.24 bits per heavy atom. The van der Waals surface area contributed by atoms with Gasteiger partial charge in [-0.2, -0.15) is 0 Å². The van der Waals surface area contributed by atoms with Crippen molar-refractivity contribution in [2.75, 3.05) is 5.32 Å². The predicted molar refractivity (Wildman–Crippen MR) is 103 cm³/mol. The second-order valence-corrected chi connectivity index (χ2v) is 8.01. The smallest absolute Gasteiger partial charge is 0.266 e. The molecule has 9 heteroatoms. The maximum Gasteiger partial charge on any atom is 0.266 e. The Hall–Kier alpha value is -3.33. The highest BCUT2D eigenvalue weighted by Gasteiger charge is 2.28. The average molecular weight is 417 g/mol. The second kappa shape index (κ2) is 7.25. The quantitative estimate of drug-likeness (QED) is 0.676. The lowest BCUT2D eigenvalue weighted by atomic mass is 10.0. The topological polar surface area (TPSA) is 70.6 Å². The Labute approximate surface area is 165 Å². The second-order valence-electron chi connectivity index (χ2n) is 6.36. The van der Waals surface area contributed by atoms with Crippen molar-refractivity contribution in [1.29, 1.82) is 0 Å². The number of halogens is 3. The van der Waals surface area contributed by atoms with Crippen molar-refractivity contribution < 1.29 is 21.6 Å². The number of nitrogens with one attached hydrogen (secondary N) is 2. The molecule has 1 heterocycles. The highest BCUT2D eigenvalue weighted by Crippen LogP contribution is 2.36. The van der Waals surface area contributed by atoms with Gasteiger partial charge in [-0.1, -0.05) is 24.3 Å². The fourth-order valence-corrected chi connectivity index (χ4v) is 4.16. The third-order valence-electron chi connectivity index (χ3n) is 4.30. The lowest BCUT2D eigenvalue weighted by Crippen LogP contribution is -2.41. The molecule has 0 amide bonds. The van der Waals surface area contributed by atoms with Gasteiger partial charge in [0.25, 0.3) is 10.0 Å². The molecule has 0 unspecified atom stereocenters. The van der Waals surface area contributed by atoms with Crippen LogP contribution in [0, 0.1) is 17.5 Å². The summed E-state index contributed by atoms with van der Waals surface area (Å²) in [7, 11) is -3.94. The maximum absolute atomic E-state index is 13.7. The first-order valence-corrected chi connectivity index (χ1v) is 9.98. The molecular weight excluding hydrogens is 403 g/mol. The molecule has 29 heavy (non-hydrogen) atoms. The Kier molecular flexibility index (Phi) is 4.75. The van der Waals surface area contributed by atoms with Gasteiger partial charge in [0.2, 0.25) is 5.96 Å². The van der Waals surface area contributed by atoms with Crippen LogP contribution in [0.4, 0.5) is 18.9 Å². The number of para-hydroxylation sites is 1. The summed E-state index contributed by atoms with van der Waals surface area (Å²) in [6.07, 6.45) is 0. The number of rotatable bonds is 3. The summed E-state index contributed by atoms with van der Waals surface area (Å²) >= 11 is 0. The normalized spacial score (nSPS) is 16.0. The van der Waals surface area contributed by atoms with Crippen LogP contribution >= 0.6 is 0 Å². The van der Waals surface area contributed by atoms with E-state index in [0.717, 1.165) is 18.2 Å². The van der Waals surface area contributed by atoms with Gasteiger partial charge in [0.15, 0.2) is 0 Å². The molecule has 0 aromatic heterocycles. The number of anilines is 1. The fraction of sp³-hybridized carbons (Fsp3) is 0.0500. The molecule has 3 aromatic rings. The molecule has 4 rings (SSSR count). The van der Waals surface area contributed by atoms with Gasteiger partial charge in [0.1, 0.15) is 22.3 Å². The zero-order valence-electron chi connectivity index (χ0n) is 14.8. The van der Waals surface area contributed by atoms with Crippen molar-refractivity contribution in [3.63, 3.8) is 0 Å². The molecule has 0 saturated carbocycles. The summed E-state index contributed by atoms with van der Waals surface area (Å²) in [5.41, 5.74) is 1.32. The third kappa shape index (κ3) is 3.95. The van der Waals surface area contributed by atoms with E-state index in [0.29, 0.717) is 11.1 Å². The summed E-state index contributed by atoms with van der Waals surface area (Å²) in [6.45, 7) is 0.0945. The van der Waals surface area contributed by atoms with Crippen molar-refractivity contribution >= 4 is 21.7 Å². The lowest BCUT2D eigenvalue weighted by molar-refractivity contribution is 0.584. The van der Waals surface area contributed by atoms with E-state index < -0.39 is 27.5 Å². The van der Waals surface area contributed by atoms with Crippen LogP contribution in [0.3, 0.4) is 0 Å². The molecule has 0 aliphatic carbocycles. The van der Waals surface area contributed by atoms with Gasteiger partial charge >= 0.3 is 0 Å². The standard InChI is InChI=1S/C20H14F3N3O2S/c21-14-6-4-12(5-7-14)11-24-20-25-19-17(13-8-15(22)10-16(23)9-13)2-1-3-18(19)29(27,28)26-20/h1-10H,11H2,(H2,24,25,26). The number of hydrogen-bond donors (Lipinski definition) is 2. The van der Waals surface area contributed by atoms with Crippen molar-refractivity contribution in [3.05, 3.63) is 83.7 Å². The van der Waals surface area contributed by atoms with Crippen LogP contribution in [0.5, 0.6) is 0 Å². The van der Waals surface area contributed by atoms with E-state index in [-0.39, 0.29) is 28.7 Å². The first-order valence-electron chi connectivity index (χ1n) is 8.50. The first kappa shape index (κ1) is 19.0. The van der Waals surface area contributed by atoms with Gasteiger partial charge in [-0.15, -0.1) is 0 Å². The van der Waals surface area contributed by atoms with E-state index in [1.165, 1.54) is 36.4 Å². The summed E-state index contributed by atoms with van der Waals surface area (Å²) in [5.74, 6) is -2.00. The van der Waals surface area contributed by atoms with E-state index in [9.17, 15) is 21.6 Å². The lowest BCUT2D eigenvalue weighted by Gasteiger charge is -2.24. The van der Waals surface area contributed by atoms with Gasteiger partial charge in [0, 0.05) is 11.6 Å². The Morgan fingerprint density at radius 2 is 1.55 bits per heavy atom. The van der Waals surface area contributed by atoms with Gasteiger partial charge in [-0.05, 0) is 41.5 Å². The zero-order valence-corrected chi connectivity index (χ0v) is 15.6. The average Bonchev–Trinajstić information content (AvgIpc) is 2.66. The van der Waals surface area contributed by atoms with E-state index in [4.69, 9.17) is 0 Å². The highest BCUT2D eigenvalue weighted by atomic mass is 32.2. The molecule has 0 atom stereocenters. The summed E-state index contributed by atoms with van der Waals surface area (Å²) in [4.78, 5) is 4.12. The van der Waals surface area contributed by atoms with Crippen LogP contribution in [0.15, 0.2) is 70.6 Å². The number of hydrogen-bond acceptors (Lipinski definition) is 3. The molecule has 0 spiro atoms. The molecular formula is C20H14F3N3O2S. The van der Waals surface area contributed by atoms with Crippen LogP contribution in [0.25, 0.3) is 11.1 Å². The molecule has 0 bridgehead atoms. The summed E-state index contributed by atoms with van der Waals surface area (Å²) < 4.78 is 67.9. The predicted octanol–water partition coefficient (Wildman–Crippen LogP) is 4.03. The largest absolute Gasteiger partial charge is 0.324 e. The van der Waals surface area contributed by atoms with Crippen LogP contribution in [-0.4, -0.2) is 14.4 Å². The molecule has 0 radical (unpaired) electrons. The molecule has 0 fully saturated rings. The Balaban J connectivity index is 1.75. The maximum atomic E-state index is 13.7. The molecule has 2 N–H and O–H groups in total. The van der Waals surface area contributed by atoms with Crippen LogP contribution in [0.1, 0.15) is 5.56 Å². The van der Waals surface area contributed by atoms with Crippen LogP contribution in [-0.2, 0) is 16.6 Å². The molecule has 5 nitrogen and oxygen atoms in total. The van der Waals surface area contributed by atoms with Crippen LogP contribution in [0.2, 0.25) is 0 Å². The van der Waals surface area contributed by atoms with E-state index in [1.807, 2.05) is 0 Å². The SMILES string of the molecule is O=S1(=O)NC(=NCc2ccc(F)cc2)Nc2c(-c3cc(F)cc(F)c3)cccc21. The molecule has 148 valence electrons.